The fraction of sp³-hybridized carbons (Fsp3) is 0.444. The molecule has 0 saturated heterocycles. The smallest absolute Gasteiger partial charge is 0.287 e. The van der Waals surface area contributed by atoms with E-state index in [-0.39, 0.29) is 16.6 Å². The lowest BCUT2D eigenvalue weighted by atomic mass is 10.2. The van der Waals surface area contributed by atoms with Gasteiger partial charge in [0.15, 0.2) is 11.5 Å². The summed E-state index contributed by atoms with van der Waals surface area (Å²) in [6.45, 7) is 9.24. The number of benzene rings is 1. The van der Waals surface area contributed by atoms with E-state index in [1.807, 2.05) is 45.9 Å². The van der Waals surface area contributed by atoms with Crippen LogP contribution in [0.25, 0.3) is 0 Å². The molecule has 0 atom stereocenters. The molecule has 0 aliphatic carbocycles. The van der Waals surface area contributed by atoms with Crippen LogP contribution in [-0.2, 0) is 6.54 Å². The molecule has 6 nitrogen and oxygen atoms in total. The van der Waals surface area contributed by atoms with Gasteiger partial charge in [-0.05, 0) is 45.4 Å². The minimum Gasteiger partial charge on any atom is -0.490 e. The predicted molar refractivity (Wildman–Crippen MR) is 100.0 cm³/mol. The topological polar surface area (TPSA) is 65.4 Å². The zero-order chi connectivity index (χ0) is 18.4. The Kier molecular flexibility index (Phi) is 6.70. The Morgan fingerprint density at radius 1 is 1.20 bits per heavy atom. The summed E-state index contributed by atoms with van der Waals surface area (Å²) in [4.78, 5) is 12.2. The highest BCUT2D eigenvalue weighted by Crippen LogP contribution is 2.29. The number of ether oxygens (including phenoxy) is 2. The number of nitrogens with zero attached hydrogens (tertiary/aromatic N) is 2. The predicted octanol–water partition coefficient (Wildman–Crippen LogP) is 3.89. The second-order valence-corrected chi connectivity index (χ2v) is 6.09. The molecule has 0 aliphatic heterocycles. The van der Waals surface area contributed by atoms with Crippen molar-refractivity contribution in [2.75, 3.05) is 18.5 Å². The van der Waals surface area contributed by atoms with Crippen molar-refractivity contribution in [2.24, 2.45) is 0 Å². The van der Waals surface area contributed by atoms with Crippen LogP contribution in [0.5, 0.6) is 11.5 Å². The molecule has 2 rings (SSSR count). The summed E-state index contributed by atoms with van der Waals surface area (Å²) in [5, 5.41) is 7.44. The highest BCUT2D eigenvalue weighted by molar-refractivity contribution is 6.32. The first-order valence-electron chi connectivity index (χ1n) is 8.37. The number of rotatable bonds is 8. The Morgan fingerprint density at radius 3 is 2.52 bits per heavy atom. The maximum absolute atomic E-state index is 12.2. The van der Waals surface area contributed by atoms with E-state index in [4.69, 9.17) is 21.1 Å². The van der Waals surface area contributed by atoms with E-state index in [2.05, 4.69) is 10.4 Å². The summed E-state index contributed by atoms with van der Waals surface area (Å²) in [7, 11) is 0. The van der Waals surface area contributed by atoms with Crippen LogP contribution < -0.4 is 20.3 Å². The van der Waals surface area contributed by atoms with E-state index < -0.39 is 0 Å². The summed E-state index contributed by atoms with van der Waals surface area (Å²) in [6, 6.07) is 5.69. The molecule has 7 heteroatoms. The van der Waals surface area contributed by atoms with E-state index in [0.717, 1.165) is 5.56 Å². The van der Waals surface area contributed by atoms with Crippen LogP contribution in [0.3, 0.4) is 0 Å². The zero-order valence-corrected chi connectivity index (χ0v) is 15.8. The normalized spacial score (nSPS) is 10.8. The highest BCUT2D eigenvalue weighted by Gasteiger charge is 2.12. The first-order chi connectivity index (χ1) is 12.0. The molecular formula is C18H24ClN3O3. The van der Waals surface area contributed by atoms with Gasteiger partial charge in [0.2, 0.25) is 0 Å². The number of hydrogen-bond acceptors (Lipinski definition) is 5. The van der Waals surface area contributed by atoms with Gasteiger partial charge in [-0.2, -0.15) is 5.10 Å². The van der Waals surface area contributed by atoms with Crippen LogP contribution in [0.1, 0.15) is 39.3 Å². The van der Waals surface area contributed by atoms with E-state index in [9.17, 15) is 4.79 Å². The van der Waals surface area contributed by atoms with Gasteiger partial charge in [-0.3, -0.25) is 4.79 Å². The van der Waals surface area contributed by atoms with Crippen molar-refractivity contribution in [3.63, 3.8) is 0 Å². The van der Waals surface area contributed by atoms with Gasteiger partial charge in [-0.1, -0.05) is 17.7 Å². The van der Waals surface area contributed by atoms with Crippen molar-refractivity contribution in [3.8, 4) is 11.5 Å². The number of hydrogen-bond donors (Lipinski definition) is 1. The molecule has 1 N–H and O–H groups in total. The molecule has 0 unspecified atom stereocenters. The van der Waals surface area contributed by atoms with E-state index in [1.165, 1.54) is 4.68 Å². The lowest BCUT2D eigenvalue weighted by Crippen LogP contribution is -2.25. The molecule has 0 saturated carbocycles. The molecule has 2 aromatic rings. The average molecular weight is 366 g/mol. The molecule has 0 fully saturated rings. The lowest BCUT2D eigenvalue weighted by molar-refractivity contribution is 0.287. The number of halogens is 1. The van der Waals surface area contributed by atoms with Crippen molar-refractivity contribution in [2.45, 2.75) is 40.3 Å². The molecular weight excluding hydrogens is 342 g/mol. The monoisotopic (exact) mass is 365 g/mol. The van der Waals surface area contributed by atoms with Gasteiger partial charge in [0, 0.05) is 6.54 Å². The molecule has 1 aromatic carbocycles. The average Bonchev–Trinajstić information content (AvgIpc) is 2.58. The van der Waals surface area contributed by atoms with Crippen LogP contribution >= 0.6 is 11.6 Å². The fourth-order valence-corrected chi connectivity index (χ4v) is 2.54. The fourth-order valence-electron chi connectivity index (χ4n) is 2.34. The molecule has 0 aliphatic rings. The van der Waals surface area contributed by atoms with Crippen molar-refractivity contribution >= 4 is 17.3 Å². The molecule has 25 heavy (non-hydrogen) atoms. The Bertz CT molecular complexity index is 775. The van der Waals surface area contributed by atoms with Crippen LogP contribution in [0.15, 0.2) is 29.2 Å². The van der Waals surface area contributed by atoms with Crippen molar-refractivity contribution in [1.29, 1.82) is 0 Å². The first-order valence-corrected chi connectivity index (χ1v) is 8.75. The van der Waals surface area contributed by atoms with Gasteiger partial charge in [0.25, 0.3) is 5.56 Å². The molecule has 0 radical (unpaired) electrons. The van der Waals surface area contributed by atoms with Gasteiger partial charge >= 0.3 is 0 Å². The van der Waals surface area contributed by atoms with Crippen LogP contribution in [-0.4, -0.2) is 23.0 Å². The lowest BCUT2D eigenvalue weighted by Gasteiger charge is -2.14. The zero-order valence-electron chi connectivity index (χ0n) is 15.0. The van der Waals surface area contributed by atoms with Crippen LogP contribution in [0.4, 0.5) is 5.69 Å². The van der Waals surface area contributed by atoms with Gasteiger partial charge < -0.3 is 14.8 Å². The van der Waals surface area contributed by atoms with E-state index >= 15 is 0 Å². The largest absolute Gasteiger partial charge is 0.490 e. The third-order valence-electron chi connectivity index (χ3n) is 3.52. The summed E-state index contributed by atoms with van der Waals surface area (Å²) in [5.41, 5.74) is 1.19. The summed E-state index contributed by atoms with van der Waals surface area (Å²) in [6.07, 6.45) is 1.57. The summed E-state index contributed by atoms with van der Waals surface area (Å²) < 4.78 is 12.5. The Morgan fingerprint density at radius 2 is 1.88 bits per heavy atom. The van der Waals surface area contributed by atoms with Crippen molar-refractivity contribution < 1.29 is 9.47 Å². The molecule has 0 amide bonds. The Labute approximate surface area is 152 Å². The van der Waals surface area contributed by atoms with Crippen molar-refractivity contribution in [3.05, 3.63) is 45.3 Å². The van der Waals surface area contributed by atoms with Gasteiger partial charge in [0.05, 0.1) is 31.1 Å². The third kappa shape index (κ3) is 4.66. The molecule has 0 spiro atoms. The maximum atomic E-state index is 12.2. The Balaban J connectivity index is 2.17. The molecule has 1 aromatic heterocycles. The van der Waals surface area contributed by atoms with Crippen molar-refractivity contribution in [1.82, 2.24) is 9.78 Å². The molecule has 136 valence electrons. The standard InChI is InChI=1S/C18H24ClN3O3/c1-5-24-15-8-7-13(9-16(15)25-6-2)10-20-14-11-21-22(12(3)4)18(23)17(14)19/h7-9,11-12,20H,5-6,10H2,1-4H3. The maximum Gasteiger partial charge on any atom is 0.287 e. The Hall–Kier alpha value is -2.21. The van der Waals surface area contributed by atoms with Gasteiger partial charge in [-0.15, -0.1) is 0 Å². The number of aromatic nitrogens is 2. The van der Waals surface area contributed by atoms with E-state index in [1.54, 1.807) is 6.20 Å². The first kappa shape index (κ1) is 19.1. The number of anilines is 1. The SMILES string of the molecule is CCOc1ccc(CNc2cnn(C(C)C)c(=O)c2Cl)cc1OCC. The second kappa shape index (κ2) is 8.76. The second-order valence-electron chi connectivity index (χ2n) is 5.72. The number of nitrogens with one attached hydrogen (secondary N) is 1. The van der Waals surface area contributed by atoms with Gasteiger partial charge in [0.1, 0.15) is 5.02 Å². The minimum atomic E-state index is -0.302. The minimum absolute atomic E-state index is 0.0427. The summed E-state index contributed by atoms with van der Waals surface area (Å²) >= 11 is 6.18. The third-order valence-corrected chi connectivity index (χ3v) is 3.89. The van der Waals surface area contributed by atoms with Crippen LogP contribution in [0.2, 0.25) is 5.02 Å². The van der Waals surface area contributed by atoms with E-state index in [0.29, 0.717) is 36.9 Å². The van der Waals surface area contributed by atoms with Gasteiger partial charge in [-0.25, -0.2) is 4.68 Å². The highest BCUT2D eigenvalue weighted by atomic mass is 35.5. The molecule has 0 bridgehead atoms. The quantitative estimate of drug-likeness (QED) is 0.768. The molecule has 1 heterocycles. The summed E-state index contributed by atoms with van der Waals surface area (Å²) in [5.74, 6) is 1.41. The van der Waals surface area contributed by atoms with Crippen LogP contribution in [0, 0.1) is 0 Å².